The Labute approximate surface area is 307 Å². The van der Waals surface area contributed by atoms with Crippen LogP contribution in [0.15, 0.2) is 177 Å². The van der Waals surface area contributed by atoms with Gasteiger partial charge in [-0.05, 0) is 52.1 Å². The zero-order valence-corrected chi connectivity index (χ0v) is 29.7. The van der Waals surface area contributed by atoms with E-state index in [2.05, 4.69) is 147 Å². The molecule has 0 amide bonds. The van der Waals surface area contributed by atoms with Crippen molar-refractivity contribution < 1.29 is 32.6 Å². The standard InChI is InChI=1S/C43H35N6O3P/c50-53(51,52)32-33-6-9-41(10-7-33)48-25-16-36(17-26-48)34-12-21-46(22-13-34)30-39-4-1-5-40(45-39)31-47-23-14-35(15-24-47)37-18-27-49(28-19-37)42-11-8-38-3-2-20-44-43(38)29-42/h1-29H,30-32H2/q+2/p+2. The highest BCUT2D eigenvalue weighted by atomic mass is 31.2. The summed E-state index contributed by atoms with van der Waals surface area (Å²) < 4.78 is 19.6. The number of nitrogens with zero attached hydrogens (tertiary/aromatic N) is 6. The van der Waals surface area contributed by atoms with Gasteiger partial charge in [-0.1, -0.05) is 24.3 Å². The van der Waals surface area contributed by atoms with Gasteiger partial charge in [-0.3, -0.25) is 9.55 Å². The van der Waals surface area contributed by atoms with Crippen molar-refractivity contribution >= 4 is 18.5 Å². The summed E-state index contributed by atoms with van der Waals surface area (Å²) in [6, 6.07) is 40.6. The lowest BCUT2D eigenvalue weighted by Gasteiger charge is -2.04. The van der Waals surface area contributed by atoms with Crippen LogP contribution < -0.4 is 18.3 Å². The average molecular weight is 717 g/mol. The van der Waals surface area contributed by atoms with Crippen molar-refractivity contribution in [2.45, 2.75) is 19.3 Å². The molecule has 0 aliphatic rings. The zero-order chi connectivity index (χ0) is 36.2. The second kappa shape index (κ2) is 14.8. The van der Waals surface area contributed by atoms with E-state index in [4.69, 9.17) is 4.98 Å². The molecule has 6 heterocycles. The van der Waals surface area contributed by atoms with Crippen molar-refractivity contribution in [1.29, 1.82) is 0 Å². The predicted molar refractivity (Wildman–Crippen MR) is 201 cm³/mol. The molecule has 0 saturated carbocycles. The molecule has 0 unspecified atom stereocenters. The van der Waals surface area contributed by atoms with E-state index < -0.39 is 7.60 Å². The van der Waals surface area contributed by atoms with E-state index >= 15 is 0 Å². The minimum atomic E-state index is -4.09. The Morgan fingerprint density at radius 1 is 0.528 bits per heavy atom. The molecule has 0 atom stereocenters. The van der Waals surface area contributed by atoms with Crippen LogP contribution in [0.3, 0.4) is 0 Å². The highest BCUT2D eigenvalue weighted by molar-refractivity contribution is 7.50. The molecule has 9 nitrogen and oxygen atoms in total. The number of aromatic nitrogens is 6. The van der Waals surface area contributed by atoms with Gasteiger partial charge in [0.25, 0.3) is 0 Å². The first-order chi connectivity index (χ1) is 25.8. The van der Waals surface area contributed by atoms with Crippen LogP contribution in [0.4, 0.5) is 0 Å². The second-order valence-corrected chi connectivity index (χ2v) is 14.6. The fourth-order valence-electron chi connectivity index (χ4n) is 6.40. The number of benzene rings is 2. The van der Waals surface area contributed by atoms with Gasteiger partial charge in [0.2, 0.25) is 11.4 Å². The topological polar surface area (TPSA) is 98.8 Å². The van der Waals surface area contributed by atoms with Crippen LogP contribution >= 0.6 is 7.60 Å². The molecule has 0 radical (unpaired) electrons. The summed E-state index contributed by atoms with van der Waals surface area (Å²) in [6.07, 6.45) is 18.0. The minimum absolute atomic E-state index is 0.260. The van der Waals surface area contributed by atoms with Gasteiger partial charge in [0, 0.05) is 84.4 Å². The molecular formula is C43H37N6O3P+4. The number of pyridine rings is 6. The maximum atomic E-state index is 11.3. The Morgan fingerprint density at radius 2 is 1.02 bits per heavy atom. The molecule has 0 spiro atoms. The van der Waals surface area contributed by atoms with Crippen molar-refractivity contribution in [3.8, 4) is 33.6 Å². The molecule has 0 fully saturated rings. The smallest absolute Gasteiger partial charge is 0.324 e. The molecule has 2 N–H and O–H groups in total. The summed E-state index contributed by atoms with van der Waals surface area (Å²) >= 11 is 0. The zero-order valence-electron chi connectivity index (χ0n) is 28.8. The largest absolute Gasteiger partial charge is 0.329 e. The molecular weight excluding hydrogens is 679 g/mol. The molecule has 2 aromatic carbocycles. The van der Waals surface area contributed by atoms with Crippen molar-refractivity contribution in [2.75, 3.05) is 0 Å². The number of hydrogen-bond donors (Lipinski definition) is 2. The lowest BCUT2D eigenvalue weighted by atomic mass is 10.1. The van der Waals surface area contributed by atoms with Crippen LogP contribution in [0.5, 0.6) is 0 Å². The van der Waals surface area contributed by atoms with Crippen molar-refractivity contribution in [3.63, 3.8) is 0 Å². The van der Waals surface area contributed by atoms with E-state index in [-0.39, 0.29) is 6.16 Å². The molecule has 258 valence electrons. The van der Waals surface area contributed by atoms with E-state index in [1.165, 1.54) is 0 Å². The molecule has 0 aliphatic carbocycles. The van der Waals surface area contributed by atoms with E-state index in [9.17, 15) is 14.4 Å². The van der Waals surface area contributed by atoms with Crippen molar-refractivity contribution in [1.82, 2.24) is 9.97 Å². The first-order valence-corrected chi connectivity index (χ1v) is 19.1. The predicted octanol–water partition coefficient (Wildman–Crippen LogP) is 5.87. The fraction of sp³-hybridized carbons (Fsp3) is 0.0698. The first-order valence-electron chi connectivity index (χ1n) is 17.3. The van der Waals surface area contributed by atoms with E-state index in [0.29, 0.717) is 18.7 Å². The monoisotopic (exact) mass is 716 g/mol. The molecule has 8 rings (SSSR count). The Hall–Kier alpha value is -6.25. The van der Waals surface area contributed by atoms with Gasteiger partial charge in [0.1, 0.15) is 11.4 Å². The SMILES string of the molecule is O=P(O)(O)Cc1ccc(-[n+]2ccc(-c3cc[n+](Cc4cccc(C[n+]5ccc(-c6cc[n+](-c7ccc8cccnc8c7)cc6)cc5)n4)cc3)cc2)cc1. The fourth-order valence-corrected chi connectivity index (χ4v) is 7.09. The molecule has 0 bridgehead atoms. The summed E-state index contributed by atoms with van der Waals surface area (Å²) in [5.41, 5.74) is 10.1. The number of rotatable bonds is 10. The number of hydrogen-bond acceptors (Lipinski definition) is 3. The normalized spacial score (nSPS) is 11.5. The van der Waals surface area contributed by atoms with Crippen LogP contribution in [0.25, 0.3) is 44.5 Å². The average Bonchev–Trinajstić information content (AvgIpc) is 3.18. The van der Waals surface area contributed by atoms with E-state index in [1.54, 1.807) is 12.1 Å². The Kier molecular flexibility index (Phi) is 9.44. The molecule has 6 aromatic heterocycles. The lowest BCUT2D eigenvalue weighted by Crippen LogP contribution is -2.35. The third-order valence-corrected chi connectivity index (χ3v) is 9.95. The highest BCUT2D eigenvalue weighted by Gasteiger charge is 2.16. The lowest BCUT2D eigenvalue weighted by molar-refractivity contribution is -0.690. The third kappa shape index (κ3) is 8.29. The maximum Gasteiger partial charge on any atom is 0.329 e. The Bertz CT molecular complexity index is 2560. The Balaban J connectivity index is 0.877. The van der Waals surface area contributed by atoms with Gasteiger partial charge in [-0.25, -0.2) is 4.98 Å². The number of fused-ring (bicyclic) bond motifs is 1. The maximum absolute atomic E-state index is 11.3. The van der Waals surface area contributed by atoms with Crippen molar-refractivity contribution in [3.05, 3.63) is 194 Å². The molecule has 0 saturated heterocycles. The second-order valence-electron chi connectivity index (χ2n) is 13.0. The van der Waals surface area contributed by atoms with Gasteiger partial charge >= 0.3 is 7.60 Å². The van der Waals surface area contributed by atoms with Gasteiger partial charge in [0.05, 0.1) is 11.7 Å². The summed E-state index contributed by atoms with van der Waals surface area (Å²) in [4.78, 5) is 27.9. The molecule has 53 heavy (non-hydrogen) atoms. The summed E-state index contributed by atoms with van der Waals surface area (Å²) in [6.45, 7) is 1.34. The van der Waals surface area contributed by atoms with Crippen LogP contribution in [0.1, 0.15) is 17.0 Å². The highest BCUT2D eigenvalue weighted by Crippen LogP contribution is 2.39. The molecule has 0 aliphatic heterocycles. The molecule has 8 aromatic rings. The summed E-state index contributed by atoms with van der Waals surface area (Å²) in [7, 11) is -4.09. The first kappa shape index (κ1) is 33.9. The quantitative estimate of drug-likeness (QED) is 0.136. The van der Waals surface area contributed by atoms with E-state index in [0.717, 1.165) is 55.9 Å². The summed E-state index contributed by atoms with van der Waals surface area (Å²) in [5.74, 6) is 0. The Morgan fingerprint density at radius 3 is 1.55 bits per heavy atom. The van der Waals surface area contributed by atoms with Crippen LogP contribution in [-0.2, 0) is 23.8 Å². The van der Waals surface area contributed by atoms with Gasteiger partial charge in [-0.15, -0.1) is 0 Å². The molecule has 10 heteroatoms. The van der Waals surface area contributed by atoms with Crippen molar-refractivity contribution in [2.24, 2.45) is 0 Å². The van der Waals surface area contributed by atoms with Gasteiger partial charge in [0.15, 0.2) is 62.7 Å². The summed E-state index contributed by atoms with van der Waals surface area (Å²) in [5, 5.41) is 1.13. The van der Waals surface area contributed by atoms with Gasteiger partial charge in [-0.2, -0.15) is 18.3 Å². The third-order valence-electron chi connectivity index (χ3n) is 9.17. The van der Waals surface area contributed by atoms with Crippen LogP contribution in [-0.4, -0.2) is 19.8 Å². The van der Waals surface area contributed by atoms with Crippen LogP contribution in [0, 0.1) is 0 Å². The van der Waals surface area contributed by atoms with Crippen LogP contribution in [0.2, 0.25) is 0 Å². The minimum Gasteiger partial charge on any atom is -0.324 e. The van der Waals surface area contributed by atoms with Gasteiger partial charge < -0.3 is 9.79 Å². The van der Waals surface area contributed by atoms with E-state index in [1.807, 2.05) is 41.4 Å².